The predicted octanol–water partition coefficient (Wildman–Crippen LogP) is 1.65. The molecule has 0 radical (unpaired) electrons. The van der Waals surface area contributed by atoms with Gasteiger partial charge in [0.05, 0.1) is 0 Å². The van der Waals surface area contributed by atoms with E-state index in [2.05, 4.69) is 17.4 Å². The minimum absolute atomic E-state index is 0.0858. The van der Waals surface area contributed by atoms with E-state index in [-0.39, 0.29) is 12.1 Å². The lowest BCUT2D eigenvalue weighted by Gasteiger charge is -2.34. The van der Waals surface area contributed by atoms with E-state index in [4.69, 9.17) is 4.74 Å². The Morgan fingerprint density at radius 2 is 2.12 bits per heavy atom. The number of esters is 1. The van der Waals surface area contributed by atoms with Gasteiger partial charge in [-0.3, -0.25) is 4.79 Å². The molecule has 2 heterocycles. The summed E-state index contributed by atoms with van der Waals surface area (Å²) in [6.45, 7) is 1.48. The maximum absolute atomic E-state index is 11.0. The van der Waals surface area contributed by atoms with E-state index in [1.165, 1.54) is 12.5 Å². The number of nitrogens with one attached hydrogen (secondary N) is 1. The highest BCUT2D eigenvalue weighted by Crippen LogP contribution is 2.47. The topological polar surface area (TPSA) is 38.3 Å². The molecule has 2 saturated heterocycles. The van der Waals surface area contributed by atoms with Crippen LogP contribution in [-0.2, 0) is 9.53 Å². The molecular formula is C13H15NO2. The Morgan fingerprint density at radius 1 is 1.38 bits per heavy atom. The normalized spacial score (nSPS) is 35.6. The van der Waals surface area contributed by atoms with Crippen molar-refractivity contribution in [1.29, 1.82) is 0 Å². The van der Waals surface area contributed by atoms with E-state index in [0.717, 1.165) is 6.42 Å². The van der Waals surface area contributed by atoms with Gasteiger partial charge in [0.25, 0.3) is 0 Å². The minimum atomic E-state index is -0.171. The van der Waals surface area contributed by atoms with Gasteiger partial charge >= 0.3 is 5.97 Å². The molecule has 1 aliphatic carbocycles. The van der Waals surface area contributed by atoms with Gasteiger partial charge < -0.3 is 10.1 Å². The first kappa shape index (κ1) is 9.85. The molecule has 1 aromatic rings. The van der Waals surface area contributed by atoms with Gasteiger partial charge in [-0.15, -0.1) is 0 Å². The molecule has 0 aromatic heterocycles. The lowest BCUT2D eigenvalue weighted by atomic mass is 9.78. The SMILES string of the molecule is CC(=O)O[C@@H]1[C@@H]2C[C@H]1N[C@H]2c1ccccc1. The number of carbonyl (C=O) groups is 1. The second-order valence-electron chi connectivity index (χ2n) is 4.64. The van der Waals surface area contributed by atoms with Gasteiger partial charge in [0.15, 0.2) is 0 Å². The third kappa shape index (κ3) is 1.43. The van der Waals surface area contributed by atoms with Crippen molar-refractivity contribution < 1.29 is 9.53 Å². The molecule has 1 aromatic carbocycles. The number of rotatable bonds is 2. The van der Waals surface area contributed by atoms with Crippen molar-refractivity contribution in [2.75, 3.05) is 0 Å². The van der Waals surface area contributed by atoms with E-state index in [1.807, 2.05) is 18.2 Å². The molecular weight excluding hydrogens is 202 g/mol. The van der Waals surface area contributed by atoms with Crippen LogP contribution in [0.3, 0.4) is 0 Å². The summed E-state index contributed by atoms with van der Waals surface area (Å²) in [6.07, 6.45) is 1.21. The standard InChI is InChI=1S/C13H15NO2/c1-8(15)16-13-10-7-11(13)14-12(10)9-5-3-2-4-6-9/h2-6,10-14H,7H2,1H3/t10-,11-,12+,13-/m1/s1. The summed E-state index contributed by atoms with van der Waals surface area (Å²) in [4.78, 5) is 11.0. The van der Waals surface area contributed by atoms with Crippen molar-refractivity contribution in [2.24, 2.45) is 5.92 Å². The summed E-state index contributed by atoms with van der Waals surface area (Å²) in [6, 6.07) is 11.1. The fourth-order valence-corrected chi connectivity index (χ4v) is 2.87. The third-order valence-electron chi connectivity index (χ3n) is 3.63. The minimum Gasteiger partial charge on any atom is -0.461 e. The predicted molar refractivity (Wildman–Crippen MR) is 59.8 cm³/mol. The first-order valence-corrected chi connectivity index (χ1v) is 5.74. The molecule has 4 atom stereocenters. The van der Waals surface area contributed by atoms with Crippen LogP contribution in [0.15, 0.2) is 30.3 Å². The highest BCUT2D eigenvalue weighted by atomic mass is 16.5. The Bertz CT molecular complexity index is 404. The van der Waals surface area contributed by atoms with Crippen LogP contribution in [0.1, 0.15) is 24.9 Å². The zero-order valence-electron chi connectivity index (χ0n) is 9.22. The molecule has 1 N–H and O–H groups in total. The molecule has 16 heavy (non-hydrogen) atoms. The molecule has 3 aliphatic rings. The highest BCUT2D eigenvalue weighted by Gasteiger charge is 2.55. The van der Waals surface area contributed by atoms with Crippen molar-refractivity contribution in [3.05, 3.63) is 35.9 Å². The summed E-state index contributed by atoms with van der Waals surface area (Å²) < 4.78 is 5.32. The van der Waals surface area contributed by atoms with Crippen molar-refractivity contribution in [3.8, 4) is 0 Å². The molecule has 3 nitrogen and oxygen atoms in total. The number of fused-ring (bicyclic) bond motifs is 1. The smallest absolute Gasteiger partial charge is 0.302 e. The van der Waals surface area contributed by atoms with Gasteiger partial charge in [-0.2, -0.15) is 0 Å². The summed E-state index contributed by atoms with van der Waals surface area (Å²) in [5.41, 5.74) is 1.30. The molecule has 2 aliphatic heterocycles. The van der Waals surface area contributed by atoms with E-state index in [0.29, 0.717) is 18.0 Å². The molecule has 2 bridgehead atoms. The maximum atomic E-state index is 11.0. The van der Waals surface area contributed by atoms with Gasteiger partial charge in [-0.1, -0.05) is 30.3 Å². The molecule has 3 heteroatoms. The second-order valence-corrected chi connectivity index (χ2v) is 4.64. The van der Waals surface area contributed by atoms with Crippen LogP contribution in [0.4, 0.5) is 0 Å². The van der Waals surface area contributed by atoms with Crippen LogP contribution in [0, 0.1) is 5.92 Å². The zero-order valence-corrected chi connectivity index (χ0v) is 9.22. The van der Waals surface area contributed by atoms with Crippen LogP contribution < -0.4 is 5.32 Å². The van der Waals surface area contributed by atoms with Gasteiger partial charge in [-0.05, 0) is 12.0 Å². The number of hydrogen-bond acceptors (Lipinski definition) is 3. The molecule has 0 unspecified atom stereocenters. The van der Waals surface area contributed by atoms with Crippen LogP contribution in [0.25, 0.3) is 0 Å². The fraction of sp³-hybridized carbons (Fsp3) is 0.462. The average molecular weight is 217 g/mol. The average Bonchev–Trinajstić information content (AvgIpc) is 2.85. The Balaban J connectivity index is 1.75. The number of ether oxygens (including phenoxy) is 1. The number of benzene rings is 1. The van der Waals surface area contributed by atoms with E-state index in [1.54, 1.807) is 0 Å². The summed E-state index contributed by atoms with van der Waals surface area (Å²) in [5, 5.41) is 3.52. The van der Waals surface area contributed by atoms with Gasteiger partial charge in [0.2, 0.25) is 0 Å². The van der Waals surface area contributed by atoms with Crippen molar-refractivity contribution in [1.82, 2.24) is 5.32 Å². The molecule has 84 valence electrons. The van der Waals surface area contributed by atoms with Crippen molar-refractivity contribution >= 4 is 5.97 Å². The lowest BCUT2D eigenvalue weighted by molar-refractivity contribution is -0.154. The molecule has 3 fully saturated rings. The van der Waals surface area contributed by atoms with Gasteiger partial charge in [-0.25, -0.2) is 0 Å². The van der Waals surface area contributed by atoms with Crippen molar-refractivity contribution in [2.45, 2.75) is 31.5 Å². The Hall–Kier alpha value is -1.35. The quantitative estimate of drug-likeness (QED) is 0.765. The summed E-state index contributed by atoms with van der Waals surface area (Å²) in [7, 11) is 0. The fourth-order valence-electron chi connectivity index (χ4n) is 2.87. The zero-order chi connectivity index (χ0) is 11.1. The molecule has 1 saturated carbocycles. The molecule has 0 spiro atoms. The Kier molecular flexibility index (Phi) is 2.21. The van der Waals surface area contributed by atoms with Gasteiger partial charge in [0, 0.05) is 24.9 Å². The molecule has 4 rings (SSSR count). The van der Waals surface area contributed by atoms with Gasteiger partial charge in [0.1, 0.15) is 6.10 Å². The first-order chi connectivity index (χ1) is 7.75. The largest absolute Gasteiger partial charge is 0.461 e. The van der Waals surface area contributed by atoms with Crippen LogP contribution in [0.5, 0.6) is 0 Å². The monoisotopic (exact) mass is 217 g/mol. The lowest BCUT2D eigenvalue weighted by Crippen LogP contribution is -2.44. The Labute approximate surface area is 94.8 Å². The maximum Gasteiger partial charge on any atom is 0.302 e. The second kappa shape index (κ2) is 3.59. The Morgan fingerprint density at radius 3 is 2.81 bits per heavy atom. The molecule has 0 amide bonds. The van der Waals surface area contributed by atoms with Crippen LogP contribution in [-0.4, -0.2) is 18.1 Å². The third-order valence-corrected chi connectivity index (χ3v) is 3.63. The van der Waals surface area contributed by atoms with Crippen molar-refractivity contribution in [3.63, 3.8) is 0 Å². The summed E-state index contributed by atoms with van der Waals surface area (Å²) in [5.74, 6) is 0.284. The van der Waals surface area contributed by atoms with Crippen LogP contribution >= 0.6 is 0 Å². The summed E-state index contributed by atoms with van der Waals surface area (Å²) >= 11 is 0. The highest BCUT2D eigenvalue weighted by molar-refractivity contribution is 5.66. The van der Waals surface area contributed by atoms with E-state index >= 15 is 0 Å². The van der Waals surface area contributed by atoms with Crippen LogP contribution in [0.2, 0.25) is 0 Å². The number of hydrogen-bond donors (Lipinski definition) is 1. The number of carbonyl (C=O) groups excluding carboxylic acids is 1. The van der Waals surface area contributed by atoms with E-state index < -0.39 is 0 Å². The first-order valence-electron chi connectivity index (χ1n) is 5.74. The van der Waals surface area contributed by atoms with E-state index in [9.17, 15) is 4.79 Å².